The van der Waals surface area contributed by atoms with Crippen LogP contribution < -0.4 is 5.32 Å². The zero-order chi connectivity index (χ0) is 16.5. The Morgan fingerprint density at radius 1 is 0.826 bits per heavy atom. The first kappa shape index (κ1) is 16.9. The van der Waals surface area contributed by atoms with Crippen LogP contribution in [-0.2, 0) is 0 Å². The van der Waals surface area contributed by atoms with E-state index in [0.717, 1.165) is 12.8 Å². The highest BCUT2D eigenvalue weighted by Gasteiger charge is 2.17. The van der Waals surface area contributed by atoms with Gasteiger partial charge in [-0.3, -0.25) is 9.59 Å². The van der Waals surface area contributed by atoms with E-state index >= 15 is 0 Å². The molecule has 0 radical (unpaired) electrons. The van der Waals surface area contributed by atoms with Crippen molar-refractivity contribution in [2.75, 3.05) is 6.54 Å². The van der Waals surface area contributed by atoms with E-state index in [2.05, 4.69) is 12.2 Å². The molecule has 2 aromatic carbocycles. The minimum atomic E-state index is -0.179. The Bertz CT molecular complexity index is 650. The largest absolute Gasteiger partial charge is 0.352 e. The van der Waals surface area contributed by atoms with Crippen molar-refractivity contribution < 1.29 is 9.59 Å². The molecule has 0 unspecified atom stereocenters. The number of ketones is 1. The maximum atomic E-state index is 12.6. The normalized spacial score (nSPS) is 10.3. The monoisotopic (exact) mass is 309 g/mol. The number of rotatable bonds is 8. The molecule has 0 aromatic heterocycles. The summed E-state index contributed by atoms with van der Waals surface area (Å²) in [4.78, 5) is 25.0. The predicted molar refractivity (Wildman–Crippen MR) is 92.8 cm³/mol. The molecule has 0 saturated heterocycles. The van der Waals surface area contributed by atoms with Crippen LogP contribution in [0.5, 0.6) is 0 Å². The fraction of sp³-hybridized carbons (Fsp3) is 0.300. The molecule has 0 atom stereocenters. The standard InChI is InChI=1S/C20H23NO2/c1-2-3-4-10-15-21-20(23)18-14-9-8-13-17(18)19(22)16-11-6-5-7-12-16/h5-9,11-14H,2-4,10,15H2,1H3,(H,21,23). The van der Waals surface area contributed by atoms with Gasteiger partial charge in [0.05, 0.1) is 5.56 Å². The summed E-state index contributed by atoms with van der Waals surface area (Å²) in [7, 11) is 0. The lowest BCUT2D eigenvalue weighted by Crippen LogP contribution is -2.26. The number of nitrogens with one attached hydrogen (secondary N) is 1. The number of amides is 1. The lowest BCUT2D eigenvalue weighted by atomic mass is 9.98. The van der Waals surface area contributed by atoms with Crippen LogP contribution in [0.1, 0.15) is 58.9 Å². The van der Waals surface area contributed by atoms with Crippen molar-refractivity contribution >= 4 is 11.7 Å². The molecule has 3 nitrogen and oxygen atoms in total. The average molecular weight is 309 g/mol. The SMILES string of the molecule is CCCCCCNC(=O)c1ccccc1C(=O)c1ccccc1. The summed E-state index contributed by atoms with van der Waals surface area (Å²) in [5, 5.41) is 2.91. The predicted octanol–water partition coefficient (Wildman–Crippen LogP) is 4.23. The highest BCUT2D eigenvalue weighted by atomic mass is 16.2. The lowest BCUT2D eigenvalue weighted by molar-refractivity contribution is 0.0941. The molecule has 0 bridgehead atoms. The van der Waals surface area contributed by atoms with Crippen LogP contribution in [-0.4, -0.2) is 18.2 Å². The lowest BCUT2D eigenvalue weighted by Gasteiger charge is -2.09. The van der Waals surface area contributed by atoms with E-state index < -0.39 is 0 Å². The molecule has 0 aliphatic rings. The summed E-state index contributed by atoms with van der Waals surface area (Å²) in [5.74, 6) is -0.302. The summed E-state index contributed by atoms with van der Waals surface area (Å²) >= 11 is 0. The van der Waals surface area contributed by atoms with Crippen LogP contribution in [0.25, 0.3) is 0 Å². The van der Waals surface area contributed by atoms with Crippen molar-refractivity contribution in [3.05, 3.63) is 71.3 Å². The molecule has 1 N–H and O–H groups in total. The van der Waals surface area contributed by atoms with Gasteiger partial charge in [-0.2, -0.15) is 0 Å². The van der Waals surface area contributed by atoms with E-state index in [-0.39, 0.29) is 11.7 Å². The van der Waals surface area contributed by atoms with Crippen molar-refractivity contribution in [1.29, 1.82) is 0 Å². The molecule has 0 aliphatic carbocycles. The van der Waals surface area contributed by atoms with E-state index in [9.17, 15) is 9.59 Å². The fourth-order valence-electron chi connectivity index (χ4n) is 2.47. The average Bonchev–Trinajstić information content (AvgIpc) is 2.61. The van der Waals surface area contributed by atoms with Gasteiger partial charge in [0.2, 0.25) is 0 Å². The van der Waals surface area contributed by atoms with Gasteiger partial charge in [-0.15, -0.1) is 0 Å². The second-order valence-corrected chi connectivity index (χ2v) is 5.56. The molecule has 0 aliphatic heterocycles. The Balaban J connectivity index is 2.08. The van der Waals surface area contributed by atoms with Crippen LogP contribution in [0.15, 0.2) is 54.6 Å². The van der Waals surface area contributed by atoms with Gasteiger partial charge < -0.3 is 5.32 Å². The van der Waals surface area contributed by atoms with Crippen molar-refractivity contribution in [2.45, 2.75) is 32.6 Å². The van der Waals surface area contributed by atoms with Crippen LogP contribution in [0.2, 0.25) is 0 Å². The molecular formula is C20H23NO2. The molecule has 23 heavy (non-hydrogen) atoms. The maximum absolute atomic E-state index is 12.6. The first-order valence-electron chi connectivity index (χ1n) is 8.21. The van der Waals surface area contributed by atoms with Gasteiger partial charge in [0.1, 0.15) is 0 Å². The number of hydrogen-bond donors (Lipinski definition) is 1. The van der Waals surface area contributed by atoms with E-state index in [1.807, 2.05) is 18.2 Å². The van der Waals surface area contributed by atoms with Crippen LogP contribution in [0.3, 0.4) is 0 Å². The molecule has 1 amide bonds. The van der Waals surface area contributed by atoms with Crippen molar-refractivity contribution in [3.63, 3.8) is 0 Å². The van der Waals surface area contributed by atoms with Gasteiger partial charge in [0, 0.05) is 17.7 Å². The van der Waals surface area contributed by atoms with Crippen LogP contribution in [0, 0.1) is 0 Å². The van der Waals surface area contributed by atoms with Crippen molar-refractivity contribution in [1.82, 2.24) is 5.32 Å². The van der Waals surface area contributed by atoms with Crippen molar-refractivity contribution in [3.8, 4) is 0 Å². The Morgan fingerprint density at radius 2 is 1.48 bits per heavy atom. The number of hydrogen-bond acceptors (Lipinski definition) is 2. The minimum Gasteiger partial charge on any atom is -0.352 e. The Morgan fingerprint density at radius 3 is 2.17 bits per heavy atom. The maximum Gasteiger partial charge on any atom is 0.252 e. The Kier molecular flexibility index (Phi) is 6.55. The van der Waals surface area contributed by atoms with E-state index in [0.29, 0.717) is 23.2 Å². The number of benzene rings is 2. The van der Waals surface area contributed by atoms with Gasteiger partial charge in [-0.1, -0.05) is 74.7 Å². The minimum absolute atomic E-state index is 0.123. The molecule has 2 aromatic rings. The van der Waals surface area contributed by atoms with Gasteiger partial charge >= 0.3 is 0 Å². The first-order chi connectivity index (χ1) is 11.2. The summed E-state index contributed by atoms with van der Waals surface area (Å²) in [6.45, 7) is 2.80. The molecular weight excluding hydrogens is 286 g/mol. The quantitative estimate of drug-likeness (QED) is 0.586. The van der Waals surface area contributed by atoms with Gasteiger partial charge in [0.25, 0.3) is 5.91 Å². The molecule has 0 saturated carbocycles. The number of carbonyl (C=O) groups excluding carboxylic acids is 2. The smallest absolute Gasteiger partial charge is 0.252 e. The third-order valence-electron chi connectivity index (χ3n) is 3.77. The van der Waals surface area contributed by atoms with Crippen LogP contribution in [0.4, 0.5) is 0 Å². The first-order valence-corrected chi connectivity index (χ1v) is 8.21. The summed E-state index contributed by atoms with van der Waals surface area (Å²) in [6.07, 6.45) is 4.43. The Labute approximate surface area is 137 Å². The highest BCUT2D eigenvalue weighted by Crippen LogP contribution is 2.14. The van der Waals surface area contributed by atoms with E-state index in [1.54, 1.807) is 36.4 Å². The van der Waals surface area contributed by atoms with Gasteiger partial charge in [-0.05, 0) is 12.5 Å². The van der Waals surface area contributed by atoms with Crippen LogP contribution >= 0.6 is 0 Å². The second-order valence-electron chi connectivity index (χ2n) is 5.56. The second kappa shape index (κ2) is 8.89. The molecule has 0 fully saturated rings. The van der Waals surface area contributed by atoms with Crippen molar-refractivity contribution in [2.24, 2.45) is 0 Å². The summed E-state index contributed by atoms with van der Waals surface area (Å²) in [5.41, 5.74) is 1.48. The van der Waals surface area contributed by atoms with Gasteiger partial charge in [-0.25, -0.2) is 0 Å². The zero-order valence-electron chi connectivity index (χ0n) is 13.5. The topological polar surface area (TPSA) is 46.2 Å². The third-order valence-corrected chi connectivity index (χ3v) is 3.77. The third kappa shape index (κ3) is 4.78. The molecule has 0 heterocycles. The highest BCUT2D eigenvalue weighted by molar-refractivity contribution is 6.15. The van der Waals surface area contributed by atoms with E-state index in [1.165, 1.54) is 12.8 Å². The molecule has 120 valence electrons. The molecule has 2 rings (SSSR count). The van der Waals surface area contributed by atoms with Gasteiger partial charge in [0.15, 0.2) is 5.78 Å². The van der Waals surface area contributed by atoms with E-state index in [4.69, 9.17) is 0 Å². The summed E-state index contributed by atoms with van der Waals surface area (Å²) < 4.78 is 0. The molecule has 3 heteroatoms. The number of unbranched alkanes of at least 4 members (excludes halogenated alkanes) is 3. The summed E-state index contributed by atoms with van der Waals surface area (Å²) in [6, 6.07) is 16.0. The fourth-order valence-corrected chi connectivity index (χ4v) is 2.47. The Hall–Kier alpha value is -2.42. The number of carbonyl (C=O) groups is 2. The zero-order valence-corrected chi connectivity index (χ0v) is 13.5. The molecule has 0 spiro atoms.